The van der Waals surface area contributed by atoms with E-state index in [1.807, 2.05) is 24.4 Å². The van der Waals surface area contributed by atoms with Crippen molar-refractivity contribution in [3.8, 4) is 10.7 Å². The molecule has 0 saturated heterocycles. The van der Waals surface area contributed by atoms with Gasteiger partial charge in [0.25, 0.3) is 0 Å². The number of hydrogen-bond acceptors (Lipinski definition) is 2. The highest BCUT2D eigenvalue weighted by atomic mass is 35.5. The molecule has 2 rings (SSSR count). The highest BCUT2D eigenvalue weighted by Crippen LogP contribution is 2.23. The SMILES string of the molecule is Cc1[nH]c(-c2cccs2)nc1CCl. The Morgan fingerprint density at radius 2 is 2.46 bits per heavy atom. The van der Waals surface area contributed by atoms with E-state index in [0.29, 0.717) is 5.88 Å². The minimum Gasteiger partial charge on any atom is -0.341 e. The molecule has 2 nitrogen and oxygen atoms in total. The molecule has 0 aliphatic carbocycles. The Morgan fingerprint density at radius 3 is 3.00 bits per heavy atom. The molecule has 4 heteroatoms. The van der Waals surface area contributed by atoms with Gasteiger partial charge in [-0.3, -0.25) is 0 Å². The van der Waals surface area contributed by atoms with Gasteiger partial charge in [0.15, 0.2) is 0 Å². The molecule has 68 valence electrons. The van der Waals surface area contributed by atoms with Crippen LogP contribution in [0.25, 0.3) is 10.7 Å². The fourth-order valence-corrected chi connectivity index (χ4v) is 2.09. The van der Waals surface area contributed by atoms with Crippen molar-refractivity contribution in [1.29, 1.82) is 0 Å². The molecule has 0 spiro atoms. The second-order valence-electron chi connectivity index (χ2n) is 2.77. The van der Waals surface area contributed by atoms with Crippen LogP contribution in [0, 0.1) is 6.92 Å². The number of nitrogens with zero attached hydrogens (tertiary/aromatic N) is 1. The van der Waals surface area contributed by atoms with Gasteiger partial charge >= 0.3 is 0 Å². The lowest BCUT2D eigenvalue weighted by Gasteiger charge is -1.86. The number of alkyl halides is 1. The standard InChI is InChI=1S/C9H9ClN2S/c1-6-7(5-10)12-9(11-6)8-3-2-4-13-8/h2-4H,5H2,1H3,(H,11,12). The lowest BCUT2D eigenvalue weighted by atomic mass is 10.4. The lowest BCUT2D eigenvalue weighted by molar-refractivity contribution is 1.18. The molecule has 2 heterocycles. The summed E-state index contributed by atoms with van der Waals surface area (Å²) in [5.41, 5.74) is 1.99. The van der Waals surface area contributed by atoms with Crippen molar-refractivity contribution in [1.82, 2.24) is 9.97 Å². The van der Waals surface area contributed by atoms with Gasteiger partial charge in [0, 0.05) is 5.69 Å². The van der Waals surface area contributed by atoms with Crippen molar-refractivity contribution in [3.63, 3.8) is 0 Å². The van der Waals surface area contributed by atoms with Crippen molar-refractivity contribution < 1.29 is 0 Å². The first-order valence-corrected chi connectivity index (χ1v) is 5.38. The summed E-state index contributed by atoms with van der Waals surface area (Å²) in [7, 11) is 0. The number of imidazole rings is 1. The molecule has 2 aromatic rings. The van der Waals surface area contributed by atoms with Crippen LogP contribution in [-0.2, 0) is 5.88 Å². The van der Waals surface area contributed by atoms with Gasteiger partial charge in [0.2, 0.25) is 0 Å². The Labute approximate surface area is 85.6 Å². The van der Waals surface area contributed by atoms with E-state index in [0.717, 1.165) is 22.1 Å². The molecule has 2 aromatic heterocycles. The van der Waals surface area contributed by atoms with Crippen LogP contribution in [-0.4, -0.2) is 9.97 Å². The molecule has 0 bridgehead atoms. The molecule has 0 unspecified atom stereocenters. The summed E-state index contributed by atoms with van der Waals surface area (Å²) in [5, 5.41) is 2.04. The van der Waals surface area contributed by atoms with E-state index in [9.17, 15) is 0 Å². The number of halogens is 1. The largest absolute Gasteiger partial charge is 0.341 e. The zero-order valence-electron chi connectivity index (χ0n) is 7.17. The quantitative estimate of drug-likeness (QED) is 0.762. The Balaban J connectivity index is 2.43. The summed E-state index contributed by atoms with van der Waals surface area (Å²) >= 11 is 7.40. The molecular formula is C9H9ClN2S. The number of rotatable bonds is 2. The number of hydrogen-bond donors (Lipinski definition) is 1. The molecule has 0 aromatic carbocycles. The summed E-state index contributed by atoms with van der Waals surface area (Å²) in [4.78, 5) is 8.76. The van der Waals surface area contributed by atoms with Gasteiger partial charge in [-0.25, -0.2) is 4.98 Å². The van der Waals surface area contributed by atoms with E-state index in [1.165, 1.54) is 0 Å². The van der Waals surface area contributed by atoms with Crippen LogP contribution < -0.4 is 0 Å². The van der Waals surface area contributed by atoms with Crippen LogP contribution in [0.4, 0.5) is 0 Å². The van der Waals surface area contributed by atoms with Crippen molar-refractivity contribution >= 4 is 22.9 Å². The normalized spacial score (nSPS) is 10.6. The fraction of sp³-hybridized carbons (Fsp3) is 0.222. The summed E-state index contributed by atoms with van der Waals surface area (Å²) in [6.45, 7) is 1.99. The van der Waals surface area contributed by atoms with Gasteiger partial charge in [-0.15, -0.1) is 22.9 Å². The molecule has 1 N–H and O–H groups in total. The predicted octanol–water partition coefficient (Wildman–Crippen LogP) is 3.19. The first-order valence-electron chi connectivity index (χ1n) is 3.96. The third-order valence-corrected chi connectivity index (χ3v) is 3.00. The smallest absolute Gasteiger partial charge is 0.147 e. The maximum Gasteiger partial charge on any atom is 0.147 e. The summed E-state index contributed by atoms with van der Waals surface area (Å²) < 4.78 is 0. The number of H-pyrrole nitrogens is 1. The van der Waals surface area contributed by atoms with Crippen LogP contribution in [0.2, 0.25) is 0 Å². The van der Waals surface area contributed by atoms with Gasteiger partial charge in [0.05, 0.1) is 16.5 Å². The van der Waals surface area contributed by atoms with Crippen LogP contribution in [0.5, 0.6) is 0 Å². The molecule has 0 fully saturated rings. The van der Waals surface area contributed by atoms with Gasteiger partial charge in [-0.2, -0.15) is 0 Å². The zero-order chi connectivity index (χ0) is 9.26. The maximum atomic E-state index is 5.73. The Hall–Kier alpha value is -0.800. The van der Waals surface area contributed by atoms with Crippen molar-refractivity contribution in [2.45, 2.75) is 12.8 Å². The van der Waals surface area contributed by atoms with Gasteiger partial charge < -0.3 is 4.98 Å². The van der Waals surface area contributed by atoms with Crippen molar-refractivity contribution in [3.05, 3.63) is 28.9 Å². The Morgan fingerprint density at radius 1 is 1.62 bits per heavy atom. The van der Waals surface area contributed by atoms with Crippen molar-refractivity contribution in [2.24, 2.45) is 0 Å². The minimum absolute atomic E-state index is 0.466. The van der Waals surface area contributed by atoms with E-state index in [4.69, 9.17) is 11.6 Å². The van der Waals surface area contributed by atoms with Crippen LogP contribution >= 0.6 is 22.9 Å². The van der Waals surface area contributed by atoms with Crippen LogP contribution in [0.15, 0.2) is 17.5 Å². The van der Waals surface area contributed by atoms with E-state index >= 15 is 0 Å². The number of aryl methyl sites for hydroxylation is 1. The monoisotopic (exact) mass is 212 g/mol. The van der Waals surface area contributed by atoms with E-state index < -0.39 is 0 Å². The molecular weight excluding hydrogens is 204 g/mol. The lowest BCUT2D eigenvalue weighted by Crippen LogP contribution is -1.79. The van der Waals surface area contributed by atoms with Gasteiger partial charge in [-0.1, -0.05) is 6.07 Å². The Kier molecular flexibility index (Phi) is 2.38. The van der Waals surface area contributed by atoms with E-state index in [-0.39, 0.29) is 0 Å². The van der Waals surface area contributed by atoms with E-state index in [2.05, 4.69) is 9.97 Å². The molecule has 0 atom stereocenters. The summed E-state index contributed by atoms with van der Waals surface area (Å²) in [6.07, 6.45) is 0. The fourth-order valence-electron chi connectivity index (χ4n) is 1.16. The third kappa shape index (κ3) is 1.62. The first kappa shape index (κ1) is 8.78. The molecule has 0 saturated carbocycles. The number of aromatic nitrogens is 2. The highest BCUT2D eigenvalue weighted by molar-refractivity contribution is 7.13. The molecule has 0 radical (unpaired) electrons. The zero-order valence-corrected chi connectivity index (χ0v) is 8.75. The first-order chi connectivity index (χ1) is 6.31. The summed E-state index contributed by atoms with van der Waals surface area (Å²) in [6, 6.07) is 4.05. The predicted molar refractivity (Wildman–Crippen MR) is 56.2 cm³/mol. The van der Waals surface area contributed by atoms with Crippen molar-refractivity contribution in [2.75, 3.05) is 0 Å². The minimum atomic E-state index is 0.466. The summed E-state index contributed by atoms with van der Waals surface area (Å²) in [5.74, 6) is 1.39. The maximum absolute atomic E-state index is 5.73. The second kappa shape index (κ2) is 3.52. The number of nitrogens with one attached hydrogen (secondary N) is 1. The van der Waals surface area contributed by atoms with Gasteiger partial charge in [-0.05, 0) is 18.4 Å². The average Bonchev–Trinajstić information content (AvgIpc) is 2.71. The van der Waals surface area contributed by atoms with E-state index in [1.54, 1.807) is 11.3 Å². The van der Waals surface area contributed by atoms with Crippen LogP contribution in [0.1, 0.15) is 11.4 Å². The van der Waals surface area contributed by atoms with Crippen LogP contribution in [0.3, 0.4) is 0 Å². The number of aromatic amines is 1. The topological polar surface area (TPSA) is 28.7 Å². The molecule has 13 heavy (non-hydrogen) atoms. The average molecular weight is 213 g/mol. The number of thiophene rings is 1. The molecule has 0 aliphatic rings. The second-order valence-corrected chi connectivity index (χ2v) is 3.98. The molecule has 0 amide bonds. The Bertz CT molecular complexity index is 392. The molecule has 0 aliphatic heterocycles. The van der Waals surface area contributed by atoms with Gasteiger partial charge in [0.1, 0.15) is 5.82 Å². The highest BCUT2D eigenvalue weighted by Gasteiger charge is 2.07. The third-order valence-electron chi connectivity index (χ3n) is 1.87.